The molecule has 0 N–H and O–H groups in total. The van der Waals surface area contributed by atoms with Crippen molar-refractivity contribution in [2.24, 2.45) is 0 Å². The van der Waals surface area contributed by atoms with E-state index in [0.717, 1.165) is 21.9 Å². The first-order valence-corrected chi connectivity index (χ1v) is 17.9. The van der Waals surface area contributed by atoms with Crippen molar-refractivity contribution in [3.05, 3.63) is 170 Å². The van der Waals surface area contributed by atoms with Crippen molar-refractivity contribution in [1.29, 1.82) is 0 Å². The summed E-state index contributed by atoms with van der Waals surface area (Å²) in [7, 11) is 0. The molecule has 0 spiro atoms. The van der Waals surface area contributed by atoms with Crippen molar-refractivity contribution in [2.75, 3.05) is 0 Å². The van der Waals surface area contributed by atoms with Gasteiger partial charge in [-0.2, -0.15) is 0 Å². The fraction of sp³-hybridized carbons (Fsp3) is 0. The molecule has 0 bridgehead atoms. The number of rotatable bonds is 2. The molecule has 0 unspecified atom stereocenters. The Morgan fingerprint density at radius 3 is 1.58 bits per heavy atom. The molecule has 2 aromatic heterocycles. The summed E-state index contributed by atoms with van der Waals surface area (Å²) in [5, 5.41) is 4.89. The van der Waals surface area contributed by atoms with Crippen molar-refractivity contribution >= 4 is 53.4 Å². The van der Waals surface area contributed by atoms with Gasteiger partial charge in [-0.05, 0) is 97.6 Å². The van der Waals surface area contributed by atoms with Gasteiger partial charge in [0.15, 0.2) is 0 Å². The number of thiophene rings is 1. The lowest BCUT2D eigenvalue weighted by atomic mass is 9.77. The average molecular weight is 653 g/mol. The Labute approximate surface area is 293 Å². The van der Waals surface area contributed by atoms with E-state index in [1.165, 1.54) is 86.9 Å². The second-order valence-electron chi connectivity index (χ2n) is 13.2. The van der Waals surface area contributed by atoms with Gasteiger partial charge in [-0.15, -0.1) is 11.3 Å². The molecule has 0 aliphatic heterocycles. The first-order valence-electron chi connectivity index (χ1n) is 17.1. The number of benzene rings is 8. The molecule has 1 nitrogen and oxygen atoms in total. The molecule has 11 rings (SSSR count). The zero-order valence-corrected chi connectivity index (χ0v) is 27.8. The zero-order chi connectivity index (χ0) is 32.8. The molecule has 232 valence electrons. The molecule has 10 aromatic rings. The number of fused-ring (bicyclic) bond motifs is 14. The van der Waals surface area contributed by atoms with Gasteiger partial charge in [-0.25, -0.2) is 0 Å². The van der Waals surface area contributed by atoms with Gasteiger partial charge in [-0.3, -0.25) is 0 Å². The number of para-hydroxylation sites is 1. The SMILES string of the molecule is c1ccc2c(c1)-c1ccccc1-c1cc(-c3ccc4oc5ccccc5c4c3)cc(-c3cccc4c3sc3ccccc34)c1-c1ccccc1-2. The summed E-state index contributed by atoms with van der Waals surface area (Å²) in [6.07, 6.45) is 0. The monoisotopic (exact) mass is 652 g/mol. The molecular weight excluding hydrogens is 625 g/mol. The van der Waals surface area contributed by atoms with E-state index in [9.17, 15) is 0 Å². The number of furan rings is 1. The van der Waals surface area contributed by atoms with E-state index in [1.807, 2.05) is 17.4 Å². The normalized spacial score (nSPS) is 12.0. The highest BCUT2D eigenvalue weighted by Gasteiger charge is 2.26. The van der Waals surface area contributed by atoms with Crippen LogP contribution in [0.5, 0.6) is 0 Å². The van der Waals surface area contributed by atoms with Crippen LogP contribution in [-0.4, -0.2) is 0 Å². The van der Waals surface area contributed by atoms with Gasteiger partial charge in [0.25, 0.3) is 0 Å². The van der Waals surface area contributed by atoms with Crippen LogP contribution in [0.3, 0.4) is 0 Å². The second kappa shape index (κ2) is 10.6. The van der Waals surface area contributed by atoms with Gasteiger partial charge in [0.05, 0.1) is 0 Å². The van der Waals surface area contributed by atoms with E-state index in [0.29, 0.717) is 0 Å². The second-order valence-corrected chi connectivity index (χ2v) is 14.2. The van der Waals surface area contributed by atoms with Crippen LogP contribution in [0.25, 0.3) is 109 Å². The Kier molecular flexibility index (Phi) is 5.89. The first-order chi connectivity index (χ1) is 24.8. The third kappa shape index (κ3) is 4.00. The van der Waals surface area contributed by atoms with E-state index in [-0.39, 0.29) is 0 Å². The smallest absolute Gasteiger partial charge is 0.135 e. The van der Waals surface area contributed by atoms with Crippen LogP contribution < -0.4 is 0 Å². The lowest BCUT2D eigenvalue weighted by molar-refractivity contribution is 0.669. The van der Waals surface area contributed by atoms with Crippen molar-refractivity contribution in [1.82, 2.24) is 0 Å². The average Bonchev–Trinajstić information content (AvgIpc) is 3.75. The minimum Gasteiger partial charge on any atom is -0.456 e. The van der Waals surface area contributed by atoms with E-state index in [2.05, 4.69) is 164 Å². The summed E-state index contributed by atoms with van der Waals surface area (Å²) in [6, 6.07) is 62.3. The van der Waals surface area contributed by atoms with E-state index >= 15 is 0 Å². The standard InChI is InChI=1S/C48H28OS/c1-2-13-32-31(12-1)33-14-3-4-16-35(33)42-27-30(29-24-25-45-41(26-29)36-17-7-9-22-44(36)49-45)28-43(47(42)38-19-6-5-15-34(32)38)40-21-11-20-39-37-18-8-10-23-46(37)50-48(39)40/h1-28H. The largest absolute Gasteiger partial charge is 0.456 e. The van der Waals surface area contributed by atoms with Gasteiger partial charge in [0.2, 0.25) is 0 Å². The maximum absolute atomic E-state index is 6.25. The van der Waals surface area contributed by atoms with Crippen LogP contribution in [0.4, 0.5) is 0 Å². The van der Waals surface area contributed by atoms with Crippen molar-refractivity contribution in [3.8, 4) is 66.8 Å². The van der Waals surface area contributed by atoms with Gasteiger partial charge in [0.1, 0.15) is 11.2 Å². The van der Waals surface area contributed by atoms with Crippen molar-refractivity contribution in [2.45, 2.75) is 0 Å². The van der Waals surface area contributed by atoms with Crippen LogP contribution in [-0.2, 0) is 0 Å². The van der Waals surface area contributed by atoms with Gasteiger partial charge >= 0.3 is 0 Å². The van der Waals surface area contributed by atoms with Gasteiger partial charge in [-0.1, -0.05) is 133 Å². The molecule has 0 fully saturated rings. The highest BCUT2D eigenvalue weighted by molar-refractivity contribution is 7.26. The summed E-state index contributed by atoms with van der Waals surface area (Å²) in [4.78, 5) is 0. The lowest BCUT2D eigenvalue weighted by Crippen LogP contribution is -1.99. The van der Waals surface area contributed by atoms with Crippen LogP contribution in [0.2, 0.25) is 0 Å². The summed E-state index contributed by atoms with van der Waals surface area (Å²) < 4.78 is 8.88. The predicted molar refractivity (Wildman–Crippen MR) is 213 cm³/mol. The zero-order valence-electron chi connectivity index (χ0n) is 27.0. The Hall–Kier alpha value is -6.22. The van der Waals surface area contributed by atoms with E-state index in [4.69, 9.17) is 4.42 Å². The minimum absolute atomic E-state index is 0.910. The molecule has 0 saturated carbocycles. The Morgan fingerprint density at radius 1 is 0.320 bits per heavy atom. The summed E-state index contributed by atoms with van der Waals surface area (Å²) in [6.45, 7) is 0. The van der Waals surface area contributed by atoms with E-state index < -0.39 is 0 Å². The third-order valence-electron chi connectivity index (χ3n) is 10.5. The van der Waals surface area contributed by atoms with Crippen LogP contribution in [0.15, 0.2) is 174 Å². The molecule has 2 heteroatoms. The fourth-order valence-electron chi connectivity index (χ4n) is 8.23. The molecule has 8 aromatic carbocycles. The summed E-state index contributed by atoms with van der Waals surface area (Å²) in [5.41, 5.74) is 16.7. The van der Waals surface area contributed by atoms with Crippen molar-refractivity contribution < 1.29 is 4.42 Å². The molecule has 0 amide bonds. The highest BCUT2D eigenvalue weighted by Crippen LogP contribution is 2.53. The molecule has 2 heterocycles. The van der Waals surface area contributed by atoms with E-state index in [1.54, 1.807) is 0 Å². The first kappa shape index (κ1) is 27.7. The molecule has 0 atom stereocenters. The molecule has 0 saturated heterocycles. The summed E-state index contributed by atoms with van der Waals surface area (Å²) >= 11 is 1.89. The van der Waals surface area contributed by atoms with Crippen molar-refractivity contribution in [3.63, 3.8) is 0 Å². The highest BCUT2D eigenvalue weighted by atomic mass is 32.1. The quantitative estimate of drug-likeness (QED) is 0.181. The molecule has 0 radical (unpaired) electrons. The minimum atomic E-state index is 0.910. The Morgan fingerprint density at radius 2 is 0.840 bits per heavy atom. The van der Waals surface area contributed by atoms with Crippen LogP contribution >= 0.6 is 11.3 Å². The molecule has 1 aliphatic carbocycles. The Bertz CT molecular complexity index is 2990. The topological polar surface area (TPSA) is 13.1 Å². The maximum Gasteiger partial charge on any atom is 0.135 e. The third-order valence-corrected chi connectivity index (χ3v) is 11.7. The van der Waals surface area contributed by atoms with Gasteiger partial charge in [0, 0.05) is 36.5 Å². The van der Waals surface area contributed by atoms with Crippen LogP contribution in [0.1, 0.15) is 0 Å². The maximum atomic E-state index is 6.25. The molecular formula is C48H28OS. The predicted octanol–water partition coefficient (Wildman–Crippen LogP) is 14.3. The fourth-order valence-corrected chi connectivity index (χ4v) is 9.46. The Balaban J connectivity index is 1.30. The number of hydrogen-bond donors (Lipinski definition) is 0. The molecule has 1 aliphatic rings. The van der Waals surface area contributed by atoms with Gasteiger partial charge < -0.3 is 4.42 Å². The number of hydrogen-bond acceptors (Lipinski definition) is 2. The summed E-state index contributed by atoms with van der Waals surface area (Å²) in [5.74, 6) is 0. The lowest BCUT2D eigenvalue weighted by Gasteiger charge is -2.26. The van der Waals surface area contributed by atoms with Crippen LogP contribution in [0, 0.1) is 0 Å². The molecule has 50 heavy (non-hydrogen) atoms.